The average molecular weight is 257 g/mol. The molecule has 0 spiro atoms. The molecule has 0 aliphatic rings. The summed E-state index contributed by atoms with van der Waals surface area (Å²) in [6.07, 6.45) is 0. The fourth-order valence-corrected chi connectivity index (χ4v) is 1.40. The first-order chi connectivity index (χ1) is 6.63. The van der Waals surface area contributed by atoms with Crippen LogP contribution in [0.5, 0.6) is 0 Å². The van der Waals surface area contributed by atoms with E-state index in [-0.39, 0.29) is 11.9 Å². The molecule has 0 aliphatic heterocycles. The first-order valence-corrected chi connectivity index (χ1v) is 5.19. The molecule has 76 valence electrons. The van der Waals surface area contributed by atoms with Crippen LogP contribution in [0.4, 0.5) is 0 Å². The van der Waals surface area contributed by atoms with Gasteiger partial charge in [0.25, 0.3) is 5.91 Å². The van der Waals surface area contributed by atoms with Crippen LogP contribution in [0.2, 0.25) is 0 Å². The van der Waals surface area contributed by atoms with E-state index in [1.165, 1.54) is 0 Å². The predicted molar refractivity (Wildman–Crippen MR) is 60.1 cm³/mol. The molecule has 4 heteroatoms. The second kappa shape index (κ2) is 5.12. The molecule has 0 heterocycles. The normalized spacial score (nSPS) is 12.2. The van der Waals surface area contributed by atoms with Gasteiger partial charge in [0.15, 0.2) is 0 Å². The van der Waals surface area contributed by atoms with Crippen molar-refractivity contribution >= 4 is 21.8 Å². The van der Waals surface area contributed by atoms with E-state index in [1.54, 1.807) is 12.1 Å². The molecule has 3 N–H and O–H groups in total. The van der Waals surface area contributed by atoms with Gasteiger partial charge in [0.2, 0.25) is 0 Å². The van der Waals surface area contributed by atoms with Crippen LogP contribution in [0.3, 0.4) is 0 Å². The largest absolute Gasteiger partial charge is 0.348 e. The highest BCUT2D eigenvalue weighted by Gasteiger charge is 2.07. The van der Waals surface area contributed by atoms with Crippen LogP contribution in [0, 0.1) is 0 Å². The lowest BCUT2D eigenvalue weighted by molar-refractivity contribution is 0.0941. The minimum Gasteiger partial charge on any atom is -0.348 e. The number of carbonyl (C=O) groups is 1. The second-order valence-corrected chi connectivity index (χ2v) is 4.04. The van der Waals surface area contributed by atoms with E-state index in [1.807, 2.05) is 19.1 Å². The zero-order valence-corrected chi connectivity index (χ0v) is 9.54. The van der Waals surface area contributed by atoms with E-state index in [9.17, 15) is 4.79 Å². The number of nitrogens with two attached hydrogens (primary N) is 1. The molecule has 3 nitrogen and oxygen atoms in total. The molecule has 1 unspecified atom stereocenters. The van der Waals surface area contributed by atoms with Crippen LogP contribution in [0.25, 0.3) is 0 Å². The van der Waals surface area contributed by atoms with Gasteiger partial charge in [-0.3, -0.25) is 4.79 Å². The van der Waals surface area contributed by atoms with Crippen molar-refractivity contribution in [3.63, 3.8) is 0 Å². The quantitative estimate of drug-likeness (QED) is 0.862. The molecule has 0 aliphatic carbocycles. The maximum absolute atomic E-state index is 11.6. The van der Waals surface area contributed by atoms with Crippen molar-refractivity contribution < 1.29 is 4.79 Å². The number of nitrogens with one attached hydrogen (secondary N) is 1. The van der Waals surface area contributed by atoms with Crippen molar-refractivity contribution in [2.75, 3.05) is 6.54 Å². The fraction of sp³-hybridized carbons (Fsp3) is 0.300. The summed E-state index contributed by atoms with van der Waals surface area (Å²) in [6.45, 7) is 2.32. The summed E-state index contributed by atoms with van der Waals surface area (Å²) in [7, 11) is 0. The summed E-state index contributed by atoms with van der Waals surface area (Å²) in [4.78, 5) is 11.6. The van der Waals surface area contributed by atoms with E-state index >= 15 is 0 Å². The number of carbonyl (C=O) groups excluding carboxylic acids is 1. The van der Waals surface area contributed by atoms with Gasteiger partial charge in [-0.1, -0.05) is 22.0 Å². The molecule has 1 aromatic rings. The van der Waals surface area contributed by atoms with Gasteiger partial charge in [0, 0.05) is 22.6 Å². The Hall–Kier alpha value is -0.870. The van der Waals surface area contributed by atoms with Crippen molar-refractivity contribution in [1.29, 1.82) is 0 Å². The lowest BCUT2D eigenvalue weighted by Crippen LogP contribution is -2.37. The molecular formula is C10H13BrN2O. The molecule has 0 fully saturated rings. The van der Waals surface area contributed by atoms with E-state index in [0.29, 0.717) is 12.1 Å². The van der Waals surface area contributed by atoms with Gasteiger partial charge in [-0.15, -0.1) is 0 Å². The van der Waals surface area contributed by atoms with Crippen LogP contribution in [-0.2, 0) is 0 Å². The average Bonchev–Trinajstić information content (AvgIpc) is 2.17. The molecule has 1 aromatic carbocycles. The van der Waals surface area contributed by atoms with E-state index in [0.717, 1.165) is 4.47 Å². The Morgan fingerprint density at radius 2 is 2.36 bits per heavy atom. The summed E-state index contributed by atoms with van der Waals surface area (Å²) in [6, 6.07) is 7.25. The summed E-state index contributed by atoms with van der Waals surface area (Å²) in [5.74, 6) is -0.0933. The molecule has 1 amide bonds. The highest BCUT2D eigenvalue weighted by molar-refractivity contribution is 9.10. The summed E-state index contributed by atoms with van der Waals surface area (Å²) in [5, 5.41) is 2.79. The summed E-state index contributed by atoms with van der Waals surface area (Å²) in [5.41, 5.74) is 6.04. The summed E-state index contributed by atoms with van der Waals surface area (Å²) < 4.78 is 0.894. The van der Waals surface area contributed by atoms with Crippen molar-refractivity contribution in [2.24, 2.45) is 5.73 Å². The SMILES string of the molecule is CC(CN)NC(=O)c1cccc(Br)c1. The Kier molecular flexibility index (Phi) is 4.10. The van der Waals surface area contributed by atoms with Crippen LogP contribution >= 0.6 is 15.9 Å². The third kappa shape index (κ3) is 3.12. The lowest BCUT2D eigenvalue weighted by atomic mass is 10.2. The first-order valence-electron chi connectivity index (χ1n) is 4.40. The Bertz CT molecular complexity index is 328. The van der Waals surface area contributed by atoms with Crippen LogP contribution in [0.1, 0.15) is 17.3 Å². The van der Waals surface area contributed by atoms with Gasteiger partial charge in [-0.2, -0.15) is 0 Å². The molecule has 0 saturated carbocycles. The minimum atomic E-state index is -0.0933. The van der Waals surface area contributed by atoms with Crippen molar-refractivity contribution in [1.82, 2.24) is 5.32 Å². The topological polar surface area (TPSA) is 55.1 Å². The molecule has 0 bridgehead atoms. The Morgan fingerprint density at radius 3 is 2.93 bits per heavy atom. The minimum absolute atomic E-state index is 0.00137. The molecule has 0 radical (unpaired) electrons. The van der Waals surface area contributed by atoms with Gasteiger partial charge in [-0.25, -0.2) is 0 Å². The summed E-state index contributed by atoms with van der Waals surface area (Å²) >= 11 is 3.31. The third-order valence-corrected chi connectivity index (χ3v) is 2.31. The third-order valence-electron chi connectivity index (χ3n) is 1.82. The number of benzene rings is 1. The maximum atomic E-state index is 11.6. The van der Waals surface area contributed by atoms with Gasteiger partial charge in [0.05, 0.1) is 0 Å². The molecular weight excluding hydrogens is 244 g/mol. The maximum Gasteiger partial charge on any atom is 0.251 e. The zero-order valence-electron chi connectivity index (χ0n) is 7.96. The highest BCUT2D eigenvalue weighted by Crippen LogP contribution is 2.11. The molecule has 0 saturated heterocycles. The van der Waals surface area contributed by atoms with E-state index in [2.05, 4.69) is 21.2 Å². The van der Waals surface area contributed by atoms with Gasteiger partial charge in [-0.05, 0) is 25.1 Å². The predicted octanol–water partition coefficient (Wildman–Crippen LogP) is 1.53. The van der Waals surface area contributed by atoms with Gasteiger partial charge in [0.1, 0.15) is 0 Å². The lowest BCUT2D eigenvalue weighted by Gasteiger charge is -2.11. The zero-order chi connectivity index (χ0) is 10.6. The number of hydrogen-bond donors (Lipinski definition) is 2. The number of rotatable bonds is 3. The standard InChI is InChI=1S/C10H13BrN2O/c1-7(6-12)13-10(14)8-3-2-4-9(11)5-8/h2-5,7H,6,12H2,1H3,(H,13,14). The molecule has 1 rings (SSSR count). The van der Waals surface area contributed by atoms with Gasteiger partial charge < -0.3 is 11.1 Å². The highest BCUT2D eigenvalue weighted by atomic mass is 79.9. The van der Waals surface area contributed by atoms with Crippen molar-refractivity contribution in [2.45, 2.75) is 13.0 Å². The Labute approximate surface area is 91.8 Å². The Morgan fingerprint density at radius 1 is 1.64 bits per heavy atom. The Balaban J connectivity index is 2.70. The molecule has 1 atom stereocenters. The number of halogens is 1. The van der Waals surface area contributed by atoms with E-state index < -0.39 is 0 Å². The monoisotopic (exact) mass is 256 g/mol. The van der Waals surface area contributed by atoms with Gasteiger partial charge >= 0.3 is 0 Å². The smallest absolute Gasteiger partial charge is 0.251 e. The number of hydrogen-bond acceptors (Lipinski definition) is 2. The molecule has 14 heavy (non-hydrogen) atoms. The van der Waals surface area contributed by atoms with Crippen LogP contribution in [0.15, 0.2) is 28.7 Å². The van der Waals surface area contributed by atoms with Crippen molar-refractivity contribution in [3.05, 3.63) is 34.3 Å². The first kappa shape index (κ1) is 11.2. The van der Waals surface area contributed by atoms with Crippen LogP contribution < -0.4 is 11.1 Å². The van der Waals surface area contributed by atoms with Crippen molar-refractivity contribution in [3.8, 4) is 0 Å². The number of amides is 1. The molecule has 0 aromatic heterocycles. The van der Waals surface area contributed by atoms with E-state index in [4.69, 9.17) is 5.73 Å². The van der Waals surface area contributed by atoms with Crippen LogP contribution in [-0.4, -0.2) is 18.5 Å². The fourth-order valence-electron chi connectivity index (χ4n) is 0.996. The second-order valence-electron chi connectivity index (χ2n) is 3.12.